The maximum atomic E-state index is 13.8. The van der Waals surface area contributed by atoms with Gasteiger partial charge in [0.25, 0.3) is 5.91 Å². The second kappa shape index (κ2) is 7.07. The van der Waals surface area contributed by atoms with E-state index < -0.39 is 11.7 Å². The number of carbonyl (C=O) groups excluding carboxylic acids is 1. The number of phenols is 1. The number of amides is 1. The lowest BCUT2D eigenvalue weighted by molar-refractivity contribution is 0.0643. The first kappa shape index (κ1) is 15.3. The van der Waals surface area contributed by atoms with Gasteiger partial charge in [-0.05, 0) is 25.0 Å². The summed E-state index contributed by atoms with van der Waals surface area (Å²) in [6.07, 6.45) is 5.29. The number of halogens is 2. The van der Waals surface area contributed by atoms with E-state index in [-0.39, 0.29) is 17.4 Å². The van der Waals surface area contributed by atoms with Crippen LogP contribution in [0.15, 0.2) is 18.2 Å². The molecule has 1 aliphatic carbocycles. The molecule has 110 valence electrons. The van der Waals surface area contributed by atoms with E-state index in [1.54, 1.807) is 4.90 Å². The molecule has 0 unspecified atom stereocenters. The zero-order chi connectivity index (χ0) is 14.5. The molecule has 0 heterocycles. The lowest BCUT2D eigenvalue weighted by Crippen LogP contribution is -2.43. The van der Waals surface area contributed by atoms with Crippen molar-refractivity contribution in [1.29, 1.82) is 0 Å². The number of benzene rings is 1. The van der Waals surface area contributed by atoms with Crippen LogP contribution in [0.1, 0.15) is 42.5 Å². The summed E-state index contributed by atoms with van der Waals surface area (Å²) in [6.45, 7) is 0.525. The van der Waals surface area contributed by atoms with Gasteiger partial charge in [-0.3, -0.25) is 4.79 Å². The molecule has 0 atom stereocenters. The molecule has 0 bridgehead atoms. The number of carbonyl (C=O) groups is 1. The molecular weight excluding hydrogens is 325 g/mol. The van der Waals surface area contributed by atoms with Gasteiger partial charge in [0.05, 0.1) is 0 Å². The first-order chi connectivity index (χ1) is 9.65. The first-order valence-corrected chi connectivity index (χ1v) is 8.11. The van der Waals surface area contributed by atoms with Crippen molar-refractivity contribution < 1.29 is 14.3 Å². The highest BCUT2D eigenvalue weighted by molar-refractivity contribution is 9.09. The average Bonchev–Trinajstić information content (AvgIpc) is 2.45. The number of nitrogens with zero attached hydrogens (tertiary/aromatic N) is 1. The van der Waals surface area contributed by atoms with Gasteiger partial charge >= 0.3 is 0 Å². The molecule has 20 heavy (non-hydrogen) atoms. The van der Waals surface area contributed by atoms with Crippen LogP contribution in [-0.4, -0.2) is 33.8 Å². The van der Waals surface area contributed by atoms with Gasteiger partial charge in [0.1, 0.15) is 17.1 Å². The molecule has 1 aromatic rings. The van der Waals surface area contributed by atoms with Crippen LogP contribution in [0.4, 0.5) is 4.39 Å². The lowest BCUT2D eigenvalue weighted by atomic mass is 9.93. The summed E-state index contributed by atoms with van der Waals surface area (Å²) in [5.74, 6) is -1.36. The minimum absolute atomic E-state index is 0.146. The molecule has 1 N–H and O–H groups in total. The molecule has 0 radical (unpaired) electrons. The van der Waals surface area contributed by atoms with Gasteiger partial charge in [-0.25, -0.2) is 4.39 Å². The molecule has 1 aromatic carbocycles. The molecule has 1 fully saturated rings. The van der Waals surface area contributed by atoms with Crippen molar-refractivity contribution in [2.45, 2.75) is 38.1 Å². The van der Waals surface area contributed by atoms with Crippen LogP contribution in [-0.2, 0) is 0 Å². The summed E-state index contributed by atoms with van der Waals surface area (Å²) >= 11 is 3.34. The van der Waals surface area contributed by atoms with E-state index in [0.29, 0.717) is 11.9 Å². The zero-order valence-corrected chi connectivity index (χ0v) is 12.9. The minimum Gasteiger partial charge on any atom is -0.507 e. The largest absolute Gasteiger partial charge is 0.507 e. The Hall–Kier alpha value is -1.10. The number of hydrogen-bond donors (Lipinski definition) is 1. The van der Waals surface area contributed by atoms with Crippen LogP contribution in [0.25, 0.3) is 0 Å². The molecule has 1 saturated carbocycles. The standard InChI is InChI=1S/C15H19BrFNO2/c16-9-10-18(11-5-2-1-3-6-11)15(20)14-12(17)7-4-8-13(14)19/h4,7-8,11,19H,1-3,5-6,9-10H2. The lowest BCUT2D eigenvalue weighted by Gasteiger charge is -2.34. The molecule has 0 saturated heterocycles. The summed E-state index contributed by atoms with van der Waals surface area (Å²) in [4.78, 5) is 14.3. The average molecular weight is 344 g/mol. The van der Waals surface area contributed by atoms with Gasteiger partial charge in [-0.2, -0.15) is 0 Å². The Labute approximate surface area is 126 Å². The zero-order valence-electron chi connectivity index (χ0n) is 11.3. The SMILES string of the molecule is O=C(c1c(O)cccc1F)N(CCBr)C1CCCCC1. The van der Waals surface area contributed by atoms with Gasteiger partial charge in [0.2, 0.25) is 0 Å². The van der Waals surface area contributed by atoms with Gasteiger partial charge in [-0.1, -0.05) is 41.3 Å². The van der Waals surface area contributed by atoms with Crippen molar-refractivity contribution in [1.82, 2.24) is 4.90 Å². The fourth-order valence-corrected chi connectivity index (χ4v) is 3.18. The molecule has 3 nitrogen and oxygen atoms in total. The molecule has 5 heteroatoms. The number of hydrogen-bond acceptors (Lipinski definition) is 2. The number of rotatable bonds is 4. The van der Waals surface area contributed by atoms with E-state index in [2.05, 4.69) is 15.9 Å². The molecule has 0 aromatic heterocycles. The molecule has 1 amide bonds. The summed E-state index contributed by atoms with van der Waals surface area (Å²) in [5, 5.41) is 10.4. The van der Waals surface area contributed by atoms with E-state index >= 15 is 0 Å². The van der Waals surface area contributed by atoms with Crippen molar-refractivity contribution in [2.75, 3.05) is 11.9 Å². The van der Waals surface area contributed by atoms with Crippen LogP contribution < -0.4 is 0 Å². The Morgan fingerprint density at radius 2 is 2.05 bits per heavy atom. The Morgan fingerprint density at radius 1 is 1.35 bits per heavy atom. The second-order valence-corrected chi connectivity index (χ2v) is 5.91. The van der Waals surface area contributed by atoms with Gasteiger partial charge in [-0.15, -0.1) is 0 Å². The maximum Gasteiger partial charge on any atom is 0.260 e. The van der Waals surface area contributed by atoms with E-state index in [1.807, 2.05) is 0 Å². The summed E-state index contributed by atoms with van der Waals surface area (Å²) in [5.41, 5.74) is -0.209. The molecule has 1 aliphatic rings. The summed E-state index contributed by atoms with van der Waals surface area (Å²) in [6, 6.07) is 4.10. The fraction of sp³-hybridized carbons (Fsp3) is 0.533. The predicted octanol–water partition coefficient (Wildman–Crippen LogP) is 3.70. The van der Waals surface area contributed by atoms with Crippen LogP contribution in [0.5, 0.6) is 5.75 Å². The molecular formula is C15H19BrFNO2. The number of alkyl halides is 1. The second-order valence-electron chi connectivity index (χ2n) is 5.11. The smallest absolute Gasteiger partial charge is 0.260 e. The van der Waals surface area contributed by atoms with E-state index in [9.17, 15) is 14.3 Å². The third-order valence-electron chi connectivity index (χ3n) is 3.81. The van der Waals surface area contributed by atoms with Gasteiger partial charge < -0.3 is 10.0 Å². The van der Waals surface area contributed by atoms with Crippen molar-refractivity contribution in [2.24, 2.45) is 0 Å². The molecule has 0 spiro atoms. The third-order valence-corrected chi connectivity index (χ3v) is 4.16. The van der Waals surface area contributed by atoms with Crippen molar-refractivity contribution in [3.63, 3.8) is 0 Å². The highest BCUT2D eigenvalue weighted by Crippen LogP contribution is 2.27. The predicted molar refractivity (Wildman–Crippen MR) is 79.8 cm³/mol. The summed E-state index contributed by atoms with van der Waals surface area (Å²) in [7, 11) is 0. The van der Waals surface area contributed by atoms with E-state index in [0.717, 1.165) is 25.7 Å². The van der Waals surface area contributed by atoms with Crippen molar-refractivity contribution in [3.8, 4) is 5.75 Å². The van der Waals surface area contributed by atoms with Crippen LogP contribution in [0.2, 0.25) is 0 Å². The number of aromatic hydroxyl groups is 1. The fourth-order valence-electron chi connectivity index (χ4n) is 2.80. The minimum atomic E-state index is -0.662. The van der Waals surface area contributed by atoms with Crippen molar-refractivity contribution >= 4 is 21.8 Å². The Kier molecular flexibility index (Phi) is 5.40. The Bertz CT molecular complexity index is 455. The van der Waals surface area contributed by atoms with Gasteiger partial charge in [0, 0.05) is 17.9 Å². The maximum absolute atomic E-state index is 13.8. The Morgan fingerprint density at radius 3 is 2.65 bits per heavy atom. The van der Waals surface area contributed by atoms with E-state index in [1.165, 1.54) is 24.6 Å². The van der Waals surface area contributed by atoms with Crippen molar-refractivity contribution in [3.05, 3.63) is 29.6 Å². The summed E-state index contributed by atoms with van der Waals surface area (Å²) < 4.78 is 13.8. The Balaban J connectivity index is 2.26. The quantitative estimate of drug-likeness (QED) is 0.846. The highest BCUT2D eigenvalue weighted by atomic mass is 79.9. The topological polar surface area (TPSA) is 40.5 Å². The van der Waals surface area contributed by atoms with Crippen LogP contribution in [0.3, 0.4) is 0 Å². The third kappa shape index (κ3) is 3.32. The normalized spacial score (nSPS) is 16.1. The highest BCUT2D eigenvalue weighted by Gasteiger charge is 2.29. The van der Waals surface area contributed by atoms with Crippen LogP contribution in [0, 0.1) is 5.82 Å². The first-order valence-electron chi connectivity index (χ1n) is 6.99. The number of phenolic OH excluding ortho intramolecular Hbond substituents is 1. The molecule has 0 aliphatic heterocycles. The molecule has 2 rings (SSSR count). The van der Waals surface area contributed by atoms with Crippen LogP contribution >= 0.6 is 15.9 Å². The monoisotopic (exact) mass is 343 g/mol. The van der Waals surface area contributed by atoms with E-state index in [4.69, 9.17) is 0 Å². The van der Waals surface area contributed by atoms with Gasteiger partial charge in [0.15, 0.2) is 0 Å².